The van der Waals surface area contributed by atoms with Gasteiger partial charge in [0.05, 0.1) is 6.10 Å². The Morgan fingerprint density at radius 3 is 2.24 bits per heavy atom. The van der Waals surface area contributed by atoms with Gasteiger partial charge in [-0.1, -0.05) is 60.7 Å². The van der Waals surface area contributed by atoms with Gasteiger partial charge in [0.25, 0.3) is 0 Å². The third-order valence-electron chi connectivity index (χ3n) is 4.54. The molecule has 2 nitrogen and oxygen atoms in total. The summed E-state index contributed by atoms with van der Waals surface area (Å²) in [5, 5.41) is 10.1. The summed E-state index contributed by atoms with van der Waals surface area (Å²) >= 11 is 0. The highest BCUT2D eigenvalue weighted by Gasteiger charge is 2.36. The second kappa shape index (κ2) is 6.42. The van der Waals surface area contributed by atoms with Crippen molar-refractivity contribution in [3.8, 4) is 0 Å². The second-order valence-electron chi connectivity index (χ2n) is 6.10. The number of hydrogen-bond donors (Lipinski definition) is 1. The maximum Gasteiger partial charge on any atom is 0.0558 e. The molecule has 0 bridgehead atoms. The quantitative estimate of drug-likeness (QED) is 0.929. The Kier molecular flexibility index (Phi) is 4.37. The van der Waals surface area contributed by atoms with Crippen molar-refractivity contribution < 1.29 is 5.11 Å². The highest BCUT2D eigenvalue weighted by atomic mass is 16.3. The number of aliphatic hydroxyl groups excluding tert-OH is 1. The molecule has 0 aromatic heterocycles. The maximum absolute atomic E-state index is 10.1. The van der Waals surface area contributed by atoms with Crippen LogP contribution in [-0.2, 0) is 6.54 Å². The molecule has 0 aliphatic carbocycles. The lowest BCUT2D eigenvalue weighted by atomic mass is 9.86. The number of rotatable bonds is 4. The highest BCUT2D eigenvalue weighted by Crippen LogP contribution is 2.35. The van der Waals surface area contributed by atoms with Crippen LogP contribution >= 0.6 is 0 Å². The SMILES string of the molecule is C[C@@H](O)C1CN(Cc2ccccc2)CC1c1ccccc1. The fourth-order valence-corrected chi connectivity index (χ4v) is 3.43. The van der Waals surface area contributed by atoms with Crippen molar-refractivity contribution in [2.45, 2.75) is 25.5 Å². The van der Waals surface area contributed by atoms with Gasteiger partial charge in [-0.15, -0.1) is 0 Å². The zero-order chi connectivity index (χ0) is 14.7. The Morgan fingerprint density at radius 2 is 1.62 bits per heavy atom. The van der Waals surface area contributed by atoms with E-state index in [0.29, 0.717) is 11.8 Å². The smallest absolute Gasteiger partial charge is 0.0558 e. The van der Waals surface area contributed by atoms with Crippen LogP contribution in [0.15, 0.2) is 60.7 Å². The molecule has 2 aromatic carbocycles. The average molecular weight is 281 g/mol. The summed E-state index contributed by atoms with van der Waals surface area (Å²) in [6, 6.07) is 21.2. The minimum absolute atomic E-state index is 0.268. The number of benzene rings is 2. The van der Waals surface area contributed by atoms with Crippen LogP contribution in [0.25, 0.3) is 0 Å². The summed E-state index contributed by atoms with van der Waals surface area (Å²) in [5.41, 5.74) is 2.69. The van der Waals surface area contributed by atoms with Crippen LogP contribution in [-0.4, -0.2) is 29.2 Å². The van der Waals surface area contributed by atoms with E-state index in [1.54, 1.807) is 0 Å². The van der Waals surface area contributed by atoms with Gasteiger partial charge in [-0.05, 0) is 18.1 Å². The van der Waals surface area contributed by atoms with Gasteiger partial charge in [0, 0.05) is 31.5 Å². The third-order valence-corrected chi connectivity index (χ3v) is 4.54. The van der Waals surface area contributed by atoms with Crippen molar-refractivity contribution in [1.82, 2.24) is 4.90 Å². The average Bonchev–Trinajstić information content (AvgIpc) is 2.93. The molecule has 1 fully saturated rings. The van der Waals surface area contributed by atoms with Crippen molar-refractivity contribution in [1.29, 1.82) is 0 Å². The predicted molar refractivity (Wildman–Crippen MR) is 86.1 cm³/mol. The Bertz CT molecular complexity index is 552. The molecule has 0 radical (unpaired) electrons. The molecule has 0 spiro atoms. The topological polar surface area (TPSA) is 23.5 Å². The zero-order valence-corrected chi connectivity index (χ0v) is 12.5. The van der Waals surface area contributed by atoms with Gasteiger partial charge < -0.3 is 5.11 Å². The molecule has 1 saturated heterocycles. The molecule has 0 amide bonds. The van der Waals surface area contributed by atoms with Crippen molar-refractivity contribution in [2.24, 2.45) is 5.92 Å². The van der Waals surface area contributed by atoms with Crippen molar-refractivity contribution in [3.63, 3.8) is 0 Å². The third kappa shape index (κ3) is 3.34. The van der Waals surface area contributed by atoms with Gasteiger partial charge in [-0.3, -0.25) is 4.90 Å². The van der Waals surface area contributed by atoms with Crippen molar-refractivity contribution in [2.75, 3.05) is 13.1 Å². The molecular weight excluding hydrogens is 258 g/mol. The number of likely N-dealkylation sites (tertiary alicyclic amines) is 1. The molecule has 21 heavy (non-hydrogen) atoms. The van der Waals surface area contributed by atoms with Crippen LogP contribution in [0.1, 0.15) is 24.0 Å². The fraction of sp³-hybridized carbons (Fsp3) is 0.368. The molecule has 1 aliphatic rings. The Hall–Kier alpha value is -1.64. The van der Waals surface area contributed by atoms with E-state index in [9.17, 15) is 5.11 Å². The van der Waals surface area contributed by atoms with Crippen LogP contribution in [0.5, 0.6) is 0 Å². The lowest BCUT2D eigenvalue weighted by Crippen LogP contribution is -2.25. The van der Waals surface area contributed by atoms with Crippen molar-refractivity contribution >= 4 is 0 Å². The van der Waals surface area contributed by atoms with E-state index in [2.05, 4.69) is 65.6 Å². The largest absolute Gasteiger partial charge is 0.393 e. The van der Waals surface area contributed by atoms with E-state index in [1.165, 1.54) is 11.1 Å². The molecule has 2 aromatic rings. The minimum Gasteiger partial charge on any atom is -0.393 e. The summed E-state index contributed by atoms with van der Waals surface area (Å²) in [7, 11) is 0. The molecule has 2 unspecified atom stereocenters. The predicted octanol–water partition coefficient (Wildman–Crippen LogP) is 3.28. The van der Waals surface area contributed by atoms with E-state index >= 15 is 0 Å². The van der Waals surface area contributed by atoms with Gasteiger partial charge in [0.15, 0.2) is 0 Å². The lowest BCUT2D eigenvalue weighted by Gasteiger charge is -2.21. The van der Waals surface area contributed by atoms with Crippen LogP contribution in [0.2, 0.25) is 0 Å². The molecule has 3 atom stereocenters. The second-order valence-corrected chi connectivity index (χ2v) is 6.10. The summed E-state index contributed by atoms with van der Waals surface area (Å²) in [6.07, 6.45) is -0.268. The fourth-order valence-electron chi connectivity index (χ4n) is 3.43. The molecular formula is C19H23NO. The lowest BCUT2D eigenvalue weighted by molar-refractivity contribution is 0.120. The van der Waals surface area contributed by atoms with Crippen LogP contribution < -0.4 is 0 Å². The number of aliphatic hydroxyl groups is 1. The van der Waals surface area contributed by atoms with Crippen LogP contribution in [0.3, 0.4) is 0 Å². The molecule has 0 saturated carbocycles. The van der Waals surface area contributed by atoms with E-state index in [4.69, 9.17) is 0 Å². The Labute approximate surface area is 127 Å². The summed E-state index contributed by atoms with van der Waals surface area (Å²) in [6.45, 7) is 4.88. The van der Waals surface area contributed by atoms with E-state index in [1.807, 2.05) is 6.92 Å². The van der Waals surface area contributed by atoms with Crippen molar-refractivity contribution in [3.05, 3.63) is 71.8 Å². The number of hydrogen-bond acceptors (Lipinski definition) is 2. The van der Waals surface area contributed by atoms with E-state index in [0.717, 1.165) is 19.6 Å². The first-order valence-corrected chi connectivity index (χ1v) is 7.73. The maximum atomic E-state index is 10.1. The van der Waals surface area contributed by atoms with Gasteiger partial charge in [-0.25, -0.2) is 0 Å². The Morgan fingerprint density at radius 1 is 1.00 bits per heavy atom. The van der Waals surface area contributed by atoms with Gasteiger partial charge in [0.1, 0.15) is 0 Å². The number of nitrogens with zero attached hydrogens (tertiary/aromatic N) is 1. The molecule has 1 heterocycles. The van der Waals surface area contributed by atoms with E-state index < -0.39 is 0 Å². The first-order chi connectivity index (χ1) is 10.2. The van der Waals surface area contributed by atoms with Gasteiger partial charge in [-0.2, -0.15) is 0 Å². The standard InChI is InChI=1S/C19H23NO/c1-15(21)18-13-20(12-16-8-4-2-5-9-16)14-19(18)17-10-6-3-7-11-17/h2-11,15,18-19,21H,12-14H2,1H3/t15-,18?,19?/m1/s1. The van der Waals surface area contributed by atoms with Crippen LogP contribution in [0.4, 0.5) is 0 Å². The minimum atomic E-state index is -0.268. The zero-order valence-electron chi connectivity index (χ0n) is 12.5. The first kappa shape index (κ1) is 14.3. The van der Waals surface area contributed by atoms with Gasteiger partial charge >= 0.3 is 0 Å². The summed E-state index contributed by atoms with van der Waals surface area (Å²) in [4.78, 5) is 2.46. The monoisotopic (exact) mass is 281 g/mol. The summed E-state index contributed by atoms with van der Waals surface area (Å²) < 4.78 is 0. The molecule has 1 aliphatic heterocycles. The Balaban J connectivity index is 1.75. The molecule has 110 valence electrons. The molecule has 1 N–H and O–H groups in total. The molecule has 3 rings (SSSR count). The molecule has 2 heteroatoms. The summed E-state index contributed by atoms with van der Waals surface area (Å²) in [5.74, 6) is 0.742. The van der Waals surface area contributed by atoms with Gasteiger partial charge in [0.2, 0.25) is 0 Å². The highest BCUT2D eigenvalue weighted by molar-refractivity contribution is 5.23. The first-order valence-electron chi connectivity index (χ1n) is 7.73. The van der Waals surface area contributed by atoms with E-state index in [-0.39, 0.29) is 6.10 Å². The normalized spacial score (nSPS) is 24.1. The van der Waals surface area contributed by atoms with Crippen LogP contribution in [0, 0.1) is 5.92 Å².